The minimum absolute atomic E-state index is 0.0483. The molecular formula is C33H40N2O4. The molecule has 1 aliphatic rings. The van der Waals surface area contributed by atoms with Crippen LogP contribution in [0.15, 0.2) is 72.8 Å². The van der Waals surface area contributed by atoms with E-state index in [2.05, 4.69) is 5.32 Å². The van der Waals surface area contributed by atoms with E-state index in [1.54, 1.807) is 19.1 Å². The lowest BCUT2D eigenvalue weighted by Crippen LogP contribution is -2.52. The third-order valence-electron chi connectivity index (χ3n) is 7.52. The van der Waals surface area contributed by atoms with Crippen molar-refractivity contribution in [3.63, 3.8) is 0 Å². The van der Waals surface area contributed by atoms with Crippen molar-refractivity contribution >= 4 is 11.8 Å². The van der Waals surface area contributed by atoms with Gasteiger partial charge in [0.1, 0.15) is 6.04 Å². The first-order chi connectivity index (χ1) is 19.0. The van der Waals surface area contributed by atoms with Crippen molar-refractivity contribution in [3.8, 4) is 11.5 Å². The standard InChI is InChI=1S/C33H40N2O4/c1-24-13-15-27(16-14-24)23-35(32(36)20-18-26-17-19-30(38-2)31(22-26)39-3)29(21-25-9-5-4-6-10-25)33(37)34-28-11-7-8-12-28/h4-6,9-10,13-17,19,22,28-29H,7-8,11-12,18,20-21,23H2,1-3H3,(H,34,37)/t29-/m0/s1. The Bertz CT molecular complexity index is 1220. The number of methoxy groups -OCH3 is 2. The largest absolute Gasteiger partial charge is 0.493 e. The molecule has 6 heteroatoms. The van der Waals surface area contributed by atoms with Crippen LogP contribution in [-0.4, -0.2) is 43.0 Å². The third kappa shape index (κ3) is 7.85. The van der Waals surface area contributed by atoms with Gasteiger partial charge in [-0.05, 0) is 55.0 Å². The van der Waals surface area contributed by atoms with E-state index in [-0.39, 0.29) is 24.3 Å². The number of hydrogen-bond acceptors (Lipinski definition) is 4. The minimum atomic E-state index is -0.604. The Morgan fingerprint density at radius 1 is 0.872 bits per heavy atom. The van der Waals surface area contributed by atoms with E-state index in [4.69, 9.17) is 9.47 Å². The van der Waals surface area contributed by atoms with Gasteiger partial charge in [-0.25, -0.2) is 0 Å². The lowest BCUT2D eigenvalue weighted by Gasteiger charge is -2.32. The maximum absolute atomic E-state index is 13.9. The second-order valence-corrected chi connectivity index (χ2v) is 10.4. The van der Waals surface area contributed by atoms with Gasteiger partial charge < -0.3 is 19.7 Å². The van der Waals surface area contributed by atoms with Crippen LogP contribution in [0.3, 0.4) is 0 Å². The Hall–Kier alpha value is -3.80. The summed E-state index contributed by atoms with van der Waals surface area (Å²) < 4.78 is 10.8. The maximum Gasteiger partial charge on any atom is 0.243 e. The molecule has 1 N–H and O–H groups in total. The van der Waals surface area contributed by atoms with Crippen molar-refractivity contribution in [3.05, 3.63) is 95.1 Å². The molecule has 0 spiro atoms. The summed E-state index contributed by atoms with van der Waals surface area (Å²) in [6.07, 6.45) is 5.53. The third-order valence-corrected chi connectivity index (χ3v) is 7.52. The minimum Gasteiger partial charge on any atom is -0.493 e. The smallest absolute Gasteiger partial charge is 0.243 e. The number of amides is 2. The molecule has 0 saturated heterocycles. The van der Waals surface area contributed by atoms with Crippen LogP contribution < -0.4 is 14.8 Å². The first-order valence-corrected chi connectivity index (χ1v) is 13.9. The first kappa shape index (κ1) is 28.2. The quantitative estimate of drug-likeness (QED) is 0.330. The summed E-state index contributed by atoms with van der Waals surface area (Å²) in [7, 11) is 3.21. The van der Waals surface area contributed by atoms with E-state index in [1.165, 1.54) is 0 Å². The van der Waals surface area contributed by atoms with Crippen LogP contribution in [0.25, 0.3) is 0 Å². The summed E-state index contributed by atoms with van der Waals surface area (Å²) in [5.74, 6) is 1.17. The van der Waals surface area contributed by atoms with Gasteiger partial charge in [-0.1, -0.05) is 79.1 Å². The average Bonchev–Trinajstić information content (AvgIpc) is 3.48. The number of aryl methyl sites for hydroxylation is 2. The van der Waals surface area contributed by atoms with Crippen LogP contribution in [0.5, 0.6) is 11.5 Å². The highest BCUT2D eigenvalue weighted by Crippen LogP contribution is 2.28. The summed E-state index contributed by atoms with van der Waals surface area (Å²) in [5, 5.41) is 3.27. The molecule has 39 heavy (non-hydrogen) atoms. The summed E-state index contributed by atoms with van der Waals surface area (Å²) in [6, 6.07) is 23.4. The van der Waals surface area contributed by atoms with Gasteiger partial charge in [0.2, 0.25) is 11.8 Å². The fourth-order valence-corrected chi connectivity index (χ4v) is 5.24. The predicted molar refractivity (Wildman–Crippen MR) is 154 cm³/mol. The molecule has 0 bridgehead atoms. The number of benzene rings is 3. The monoisotopic (exact) mass is 528 g/mol. The molecule has 0 aromatic heterocycles. The number of rotatable bonds is 12. The molecule has 1 saturated carbocycles. The van der Waals surface area contributed by atoms with Gasteiger partial charge in [-0.2, -0.15) is 0 Å². The molecule has 0 radical (unpaired) electrons. The van der Waals surface area contributed by atoms with E-state index in [1.807, 2.05) is 79.7 Å². The molecule has 1 atom stereocenters. The molecule has 3 aromatic rings. The van der Waals surface area contributed by atoms with Gasteiger partial charge in [0.25, 0.3) is 0 Å². The molecule has 2 amide bonds. The van der Waals surface area contributed by atoms with Crippen molar-refractivity contribution in [1.82, 2.24) is 10.2 Å². The number of carbonyl (C=O) groups is 2. The SMILES string of the molecule is COc1ccc(CCC(=O)N(Cc2ccc(C)cc2)[C@@H](Cc2ccccc2)C(=O)NC2CCCC2)cc1OC. The zero-order chi connectivity index (χ0) is 27.6. The summed E-state index contributed by atoms with van der Waals surface area (Å²) in [6.45, 7) is 2.42. The molecule has 0 heterocycles. The lowest BCUT2D eigenvalue weighted by atomic mass is 10.0. The maximum atomic E-state index is 13.9. The van der Waals surface area contributed by atoms with Gasteiger partial charge in [-0.3, -0.25) is 9.59 Å². The van der Waals surface area contributed by atoms with E-state index in [9.17, 15) is 9.59 Å². The Kier molecular flexibility index (Phi) is 10.0. The molecular weight excluding hydrogens is 488 g/mol. The number of hydrogen-bond donors (Lipinski definition) is 1. The summed E-state index contributed by atoms with van der Waals surface area (Å²) >= 11 is 0. The van der Waals surface area contributed by atoms with Gasteiger partial charge in [-0.15, -0.1) is 0 Å². The van der Waals surface area contributed by atoms with Gasteiger partial charge in [0, 0.05) is 25.4 Å². The van der Waals surface area contributed by atoms with Crippen molar-refractivity contribution in [1.29, 1.82) is 0 Å². The topological polar surface area (TPSA) is 67.9 Å². The molecule has 1 aliphatic carbocycles. The average molecular weight is 529 g/mol. The Morgan fingerprint density at radius 3 is 2.21 bits per heavy atom. The van der Waals surface area contributed by atoms with Crippen LogP contribution in [-0.2, 0) is 29.0 Å². The van der Waals surface area contributed by atoms with Gasteiger partial charge in [0.15, 0.2) is 11.5 Å². The summed E-state index contributed by atoms with van der Waals surface area (Å²) in [4.78, 5) is 29.5. The molecule has 4 rings (SSSR count). The van der Waals surface area contributed by atoms with E-state index in [0.29, 0.717) is 30.9 Å². The molecule has 3 aromatic carbocycles. The zero-order valence-electron chi connectivity index (χ0n) is 23.3. The van der Waals surface area contributed by atoms with Gasteiger partial charge >= 0.3 is 0 Å². The van der Waals surface area contributed by atoms with E-state index in [0.717, 1.165) is 47.9 Å². The number of nitrogens with one attached hydrogen (secondary N) is 1. The first-order valence-electron chi connectivity index (χ1n) is 13.9. The van der Waals surface area contributed by atoms with Crippen LogP contribution in [0.1, 0.15) is 54.4 Å². The van der Waals surface area contributed by atoms with E-state index >= 15 is 0 Å². The fraction of sp³-hybridized carbons (Fsp3) is 0.394. The summed E-state index contributed by atoms with van der Waals surface area (Å²) in [5.41, 5.74) is 4.17. The van der Waals surface area contributed by atoms with E-state index < -0.39 is 6.04 Å². The molecule has 0 aliphatic heterocycles. The second kappa shape index (κ2) is 13.8. The fourth-order valence-electron chi connectivity index (χ4n) is 5.24. The van der Waals surface area contributed by atoms with Crippen molar-refractivity contribution < 1.29 is 19.1 Å². The van der Waals surface area contributed by atoms with Crippen LogP contribution in [0.2, 0.25) is 0 Å². The highest BCUT2D eigenvalue weighted by Gasteiger charge is 2.32. The van der Waals surface area contributed by atoms with Crippen LogP contribution >= 0.6 is 0 Å². The normalized spacial score (nSPS) is 14.0. The Labute approximate surface area is 232 Å². The number of nitrogens with zero attached hydrogens (tertiary/aromatic N) is 1. The van der Waals surface area contributed by atoms with Gasteiger partial charge in [0.05, 0.1) is 14.2 Å². The predicted octanol–water partition coefficient (Wildman–Crippen LogP) is 5.64. The molecule has 6 nitrogen and oxygen atoms in total. The van der Waals surface area contributed by atoms with Crippen molar-refractivity contribution in [2.24, 2.45) is 0 Å². The number of ether oxygens (including phenoxy) is 2. The Balaban J connectivity index is 1.60. The van der Waals surface area contributed by atoms with Crippen LogP contribution in [0.4, 0.5) is 0 Å². The molecule has 1 fully saturated rings. The molecule has 0 unspecified atom stereocenters. The second-order valence-electron chi connectivity index (χ2n) is 10.4. The number of carbonyl (C=O) groups excluding carboxylic acids is 2. The molecule has 206 valence electrons. The highest BCUT2D eigenvalue weighted by atomic mass is 16.5. The van der Waals surface area contributed by atoms with Crippen LogP contribution in [0, 0.1) is 6.92 Å². The van der Waals surface area contributed by atoms with Crippen molar-refractivity contribution in [2.75, 3.05) is 14.2 Å². The zero-order valence-corrected chi connectivity index (χ0v) is 23.3. The lowest BCUT2D eigenvalue weighted by molar-refractivity contribution is -0.141. The Morgan fingerprint density at radius 2 is 1.54 bits per heavy atom. The van der Waals surface area contributed by atoms with Crippen molar-refractivity contribution in [2.45, 2.75) is 70.5 Å². The highest BCUT2D eigenvalue weighted by molar-refractivity contribution is 5.88.